The Hall–Kier alpha value is -3.21. The van der Waals surface area contributed by atoms with Gasteiger partial charge < -0.3 is 10.4 Å². The third kappa shape index (κ3) is 4.01. The van der Waals surface area contributed by atoms with Crippen molar-refractivity contribution in [2.75, 3.05) is 5.32 Å². The SMILES string of the molecule is CC(C)c1nc(Nc2ccc(C(=O)O)cc2)cc(-c2ccccc2)n1. The van der Waals surface area contributed by atoms with E-state index in [-0.39, 0.29) is 11.5 Å². The van der Waals surface area contributed by atoms with E-state index in [2.05, 4.69) is 29.1 Å². The van der Waals surface area contributed by atoms with Crippen LogP contribution in [0.15, 0.2) is 60.7 Å². The number of hydrogen-bond acceptors (Lipinski definition) is 4. The number of nitrogens with zero attached hydrogens (tertiary/aromatic N) is 2. The number of anilines is 2. The number of rotatable bonds is 5. The molecule has 3 aromatic rings. The molecule has 0 bridgehead atoms. The number of carboxylic acid groups (broad SMARTS) is 1. The van der Waals surface area contributed by atoms with Crippen LogP contribution in [0, 0.1) is 0 Å². The fourth-order valence-electron chi connectivity index (χ4n) is 2.39. The Bertz CT molecular complexity index is 875. The van der Waals surface area contributed by atoms with Gasteiger partial charge in [-0.1, -0.05) is 44.2 Å². The number of aromatic nitrogens is 2. The average Bonchev–Trinajstić information content (AvgIpc) is 2.62. The van der Waals surface area contributed by atoms with Crippen molar-refractivity contribution in [1.29, 1.82) is 0 Å². The Morgan fingerprint density at radius 3 is 2.28 bits per heavy atom. The molecule has 1 aromatic heterocycles. The van der Waals surface area contributed by atoms with Crippen molar-refractivity contribution in [3.05, 3.63) is 72.1 Å². The maximum Gasteiger partial charge on any atom is 0.335 e. The Morgan fingerprint density at radius 1 is 1.00 bits per heavy atom. The molecule has 5 nitrogen and oxygen atoms in total. The molecule has 0 aliphatic carbocycles. The zero-order chi connectivity index (χ0) is 17.8. The summed E-state index contributed by atoms with van der Waals surface area (Å²) in [6.07, 6.45) is 0. The van der Waals surface area contributed by atoms with Crippen LogP contribution in [0.1, 0.15) is 35.9 Å². The molecule has 5 heteroatoms. The van der Waals surface area contributed by atoms with Gasteiger partial charge in [-0.2, -0.15) is 0 Å². The van der Waals surface area contributed by atoms with Crippen LogP contribution < -0.4 is 5.32 Å². The second-order valence-corrected chi connectivity index (χ2v) is 6.02. The third-order valence-electron chi connectivity index (χ3n) is 3.73. The number of hydrogen-bond donors (Lipinski definition) is 2. The molecule has 0 atom stereocenters. The highest BCUT2D eigenvalue weighted by molar-refractivity contribution is 5.88. The van der Waals surface area contributed by atoms with E-state index in [9.17, 15) is 4.79 Å². The Kier molecular flexibility index (Phi) is 4.75. The van der Waals surface area contributed by atoms with Crippen LogP contribution in [0.25, 0.3) is 11.3 Å². The van der Waals surface area contributed by atoms with Crippen molar-refractivity contribution in [2.45, 2.75) is 19.8 Å². The van der Waals surface area contributed by atoms with Crippen LogP contribution in [0.4, 0.5) is 11.5 Å². The smallest absolute Gasteiger partial charge is 0.335 e. The van der Waals surface area contributed by atoms with Crippen molar-refractivity contribution in [2.24, 2.45) is 0 Å². The minimum absolute atomic E-state index is 0.193. The van der Waals surface area contributed by atoms with Crippen molar-refractivity contribution >= 4 is 17.5 Å². The van der Waals surface area contributed by atoms with Crippen LogP contribution in [-0.2, 0) is 0 Å². The highest BCUT2D eigenvalue weighted by atomic mass is 16.4. The molecule has 1 heterocycles. The number of nitrogens with one attached hydrogen (secondary N) is 1. The van der Waals surface area contributed by atoms with Crippen LogP contribution in [0.5, 0.6) is 0 Å². The fourth-order valence-corrected chi connectivity index (χ4v) is 2.39. The summed E-state index contributed by atoms with van der Waals surface area (Å²) >= 11 is 0. The lowest BCUT2D eigenvalue weighted by atomic mass is 10.1. The Balaban J connectivity index is 1.95. The minimum atomic E-state index is -0.943. The van der Waals surface area contributed by atoms with E-state index < -0.39 is 5.97 Å². The van der Waals surface area contributed by atoms with Gasteiger partial charge in [-0.3, -0.25) is 0 Å². The monoisotopic (exact) mass is 333 g/mol. The third-order valence-corrected chi connectivity index (χ3v) is 3.73. The van der Waals surface area contributed by atoms with Gasteiger partial charge in [0.05, 0.1) is 11.3 Å². The lowest BCUT2D eigenvalue weighted by molar-refractivity contribution is 0.0697. The number of carboxylic acids is 1. The maximum atomic E-state index is 11.0. The highest BCUT2D eigenvalue weighted by Crippen LogP contribution is 2.24. The normalized spacial score (nSPS) is 10.7. The van der Waals surface area contributed by atoms with Crippen LogP contribution in [-0.4, -0.2) is 21.0 Å². The summed E-state index contributed by atoms with van der Waals surface area (Å²) in [6.45, 7) is 4.10. The molecule has 0 fully saturated rings. The highest BCUT2D eigenvalue weighted by Gasteiger charge is 2.10. The quantitative estimate of drug-likeness (QED) is 0.707. The van der Waals surface area contributed by atoms with Gasteiger partial charge in [0.1, 0.15) is 11.6 Å². The van der Waals surface area contributed by atoms with Gasteiger partial charge in [0.25, 0.3) is 0 Å². The topological polar surface area (TPSA) is 75.1 Å². The Labute approximate surface area is 146 Å². The fraction of sp³-hybridized carbons (Fsp3) is 0.150. The first-order valence-corrected chi connectivity index (χ1v) is 8.07. The molecule has 25 heavy (non-hydrogen) atoms. The lowest BCUT2D eigenvalue weighted by Crippen LogP contribution is -2.04. The number of carbonyl (C=O) groups is 1. The average molecular weight is 333 g/mol. The molecular weight excluding hydrogens is 314 g/mol. The van der Waals surface area contributed by atoms with E-state index in [1.807, 2.05) is 36.4 Å². The molecule has 0 amide bonds. The van der Waals surface area contributed by atoms with E-state index in [4.69, 9.17) is 5.11 Å². The molecular formula is C20H19N3O2. The summed E-state index contributed by atoms with van der Waals surface area (Å²) < 4.78 is 0. The van der Waals surface area contributed by atoms with Crippen LogP contribution >= 0.6 is 0 Å². The molecule has 3 rings (SSSR count). The van der Waals surface area contributed by atoms with Crippen molar-refractivity contribution in [3.63, 3.8) is 0 Å². The first-order chi connectivity index (χ1) is 12.0. The molecule has 0 saturated heterocycles. The van der Waals surface area contributed by atoms with Gasteiger partial charge in [-0.05, 0) is 24.3 Å². The van der Waals surface area contributed by atoms with Gasteiger partial charge in [-0.25, -0.2) is 14.8 Å². The molecule has 0 radical (unpaired) electrons. The van der Waals surface area contributed by atoms with Crippen molar-refractivity contribution in [1.82, 2.24) is 9.97 Å². The summed E-state index contributed by atoms with van der Waals surface area (Å²) in [7, 11) is 0. The maximum absolute atomic E-state index is 11.0. The molecule has 0 aliphatic heterocycles. The van der Waals surface area contributed by atoms with Crippen molar-refractivity contribution in [3.8, 4) is 11.3 Å². The first-order valence-electron chi connectivity index (χ1n) is 8.07. The lowest BCUT2D eigenvalue weighted by Gasteiger charge is -2.12. The molecule has 0 aliphatic rings. The van der Waals surface area contributed by atoms with Gasteiger partial charge in [0.2, 0.25) is 0 Å². The van der Waals surface area contributed by atoms with Gasteiger partial charge in [0.15, 0.2) is 0 Å². The number of aromatic carboxylic acids is 1. The van der Waals surface area contributed by atoms with E-state index >= 15 is 0 Å². The summed E-state index contributed by atoms with van der Waals surface area (Å²) in [5.41, 5.74) is 2.90. The molecule has 2 aromatic carbocycles. The summed E-state index contributed by atoms with van der Waals surface area (Å²) in [6, 6.07) is 18.4. The Morgan fingerprint density at radius 2 is 1.68 bits per heavy atom. The van der Waals surface area contributed by atoms with E-state index in [1.54, 1.807) is 24.3 Å². The minimum Gasteiger partial charge on any atom is -0.478 e. The largest absolute Gasteiger partial charge is 0.478 e. The molecule has 126 valence electrons. The predicted octanol–water partition coefficient (Wildman–Crippen LogP) is 4.71. The molecule has 0 spiro atoms. The van der Waals surface area contributed by atoms with E-state index in [0.717, 1.165) is 22.8 Å². The first kappa shape index (κ1) is 16.6. The molecule has 0 saturated carbocycles. The predicted molar refractivity (Wildman–Crippen MR) is 98.2 cm³/mol. The van der Waals surface area contributed by atoms with Crippen LogP contribution in [0.2, 0.25) is 0 Å². The molecule has 0 unspecified atom stereocenters. The summed E-state index contributed by atoms with van der Waals surface area (Å²) in [4.78, 5) is 20.2. The number of benzene rings is 2. The van der Waals surface area contributed by atoms with E-state index in [1.165, 1.54) is 0 Å². The summed E-state index contributed by atoms with van der Waals surface area (Å²) in [5, 5.41) is 12.2. The van der Waals surface area contributed by atoms with Gasteiger partial charge in [-0.15, -0.1) is 0 Å². The zero-order valence-electron chi connectivity index (χ0n) is 14.1. The second-order valence-electron chi connectivity index (χ2n) is 6.02. The standard InChI is InChI=1S/C20H19N3O2/c1-13(2)19-22-17(14-6-4-3-5-7-14)12-18(23-19)21-16-10-8-15(9-11-16)20(24)25/h3-13H,1-2H3,(H,24,25)(H,21,22,23). The van der Waals surface area contributed by atoms with E-state index in [0.29, 0.717) is 5.82 Å². The molecule has 2 N–H and O–H groups in total. The van der Waals surface area contributed by atoms with Gasteiger partial charge in [0, 0.05) is 23.2 Å². The van der Waals surface area contributed by atoms with Crippen molar-refractivity contribution < 1.29 is 9.90 Å². The summed E-state index contributed by atoms with van der Waals surface area (Å²) in [5.74, 6) is 0.687. The van der Waals surface area contributed by atoms with Crippen LogP contribution in [0.3, 0.4) is 0 Å². The van der Waals surface area contributed by atoms with Gasteiger partial charge >= 0.3 is 5.97 Å². The second kappa shape index (κ2) is 7.13. The zero-order valence-corrected chi connectivity index (χ0v) is 14.1.